The zero-order chi connectivity index (χ0) is 19.6. The second kappa shape index (κ2) is 5.53. The number of rotatable bonds is 2. The predicted molar refractivity (Wildman–Crippen MR) is 102 cm³/mol. The molecular weight excluding hydrogens is 352 g/mol. The summed E-state index contributed by atoms with van der Waals surface area (Å²) in [4.78, 5) is 4.30. The van der Waals surface area contributed by atoms with Crippen LogP contribution in [0.3, 0.4) is 0 Å². The highest BCUT2D eigenvalue weighted by atomic mass is 16.7. The van der Waals surface area contributed by atoms with Gasteiger partial charge < -0.3 is 9.47 Å². The molecule has 6 rings (SSSR count). The van der Waals surface area contributed by atoms with Gasteiger partial charge in [0.1, 0.15) is 11.9 Å². The molecule has 1 N–H and O–H groups in total. The van der Waals surface area contributed by atoms with E-state index in [2.05, 4.69) is 17.1 Å². The molecule has 5 aliphatic rings. The monoisotopic (exact) mass is 372 g/mol. The molecule has 1 aromatic carbocycles. The van der Waals surface area contributed by atoms with Crippen molar-refractivity contribution < 1.29 is 9.47 Å². The Hall–Kier alpha value is -2.96. The van der Waals surface area contributed by atoms with Gasteiger partial charge in [0, 0.05) is 6.42 Å². The molecule has 6 heteroatoms. The number of hydrogen-bond donors (Lipinski definition) is 1. The maximum absolute atomic E-state index is 10.4. The standard InChI is InChI=1S/C22H20N4O2/c1-14(11-15-7-3-2-4-8-15)17-21(13-24)19-26-18(25)20(21,12-23)16-9-5-6-10-22(16,27-17)28-19/h2-4,7-8,11,16-17,25H,5-6,9-10H2,1H3/b14-11+,25-18?/t16-,17-,20+,21-,22-/m1/s1. The Bertz CT molecular complexity index is 1020. The van der Waals surface area contributed by atoms with Crippen LogP contribution in [0.15, 0.2) is 40.9 Å². The fraction of sp³-hybridized carbons (Fsp3) is 0.455. The van der Waals surface area contributed by atoms with Crippen molar-refractivity contribution >= 4 is 17.8 Å². The van der Waals surface area contributed by atoms with Gasteiger partial charge in [-0.25, -0.2) is 0 Å². The number of benzene rings is 1. The Morgan fingerprint density at radius 3 is 2.68 bits per heavy atom. The van der Waals surface area contributed by atoms with E-state index < -0.39 is 22.7 Å². The van der Waals surface area contributed by atoms with Gasteiger partial charge in [0.2, 0.25) is 11.7 Å². The van der Waals surface area contributed by atoms with Gasteiger partial charge in [0.15, 0.2) is 10.8 Å². The van der Waals surface area contributed by atoms with Gasteiger partial charge in [0.05, 0.1) is 18.1 Å². The highest BCUT2D eigenvalue weighted by molar-refractivity contribution is 6.13. The van der Waals surface area contributed by atoms with Gasteiger partial charge in [-0.15, -0.1) is 0 Å². The molecular formula is C22H20N4O2. The van der Waals surface area contributed by atoms with Crippen molar-refractivity contribution in [2.75, 3.05) is 0 Å². The minimum atomic E-state index is -1.42. The van der Waals surface area contributed by atoms with Crippen LogP contribution >= 0.6 is 0 Å². The van der Waals surface area contributed by atoms with Gasteiger partial charge in [0.25, 0.3) is 0 Å². The summed E-state index contributed by atoms with van der Waals surface area (Å²) in [6.45, 7) is 1.92. The number of aliphatic imine (C=N–C) groups is 1. The first-order valence-corrected chi connectivity index (χ1v) is 9.65. The van der Waals surface area contributed by atoms with Crippen molar-refractivity contribution in [3.63, 3.8) is 0 Å². The normalized spacial score (nSPS) is 40.8. The summed E-state index contributed by atoms with van der Waals surface area (Å²) < 4.78 is 12.7. The quantitative estimate of drug-likeness (QED) is 0.852. The van der Waals surface area contributed by atoms with Crippen LogP contribution in [0.1, 0.15) is 38.2 Å². The van der Waals surface area contributed by atoms with Crippen molar-refractivity contribution in [1.29, 1.82) is 15.9 Å². The van der Waals surface area contributed by atoms with Gasteiger partial charge in [-0.05, 0) is 30.9 Å². The fourth-order valence-corrected chi connectivity index (χ4v) is 5.63. The topological polar surface area (TPSA) is 102 Å². The second-order valence-electron chi connectivity index (χ2n) is 8.11. The first-order valence-electron chi connectivity index (χ1n) is 9.65. The third-order valence-corrected chi connectivity index (χ3v) is 6.81. The van der Waals surface area contributed by atoms with Crippen LogP contribution in [0.25, 0.3) is 6.08 Å². The van der Waals surface area contributed by atoms with E-state index in [0.717, 1.165) is 24.0 Å². The van der Waals surface area contributed by atoms with E-state index in [9.17, 15) is 10.5 Å². The molecule has 0 amide bonds. The van der Waals surface area contributed by atoms with Crippen molar-refractivity contribution in [2.24, 2.45) is 21.7 Å². The summed E-state index contributed by atoms with van der Waals surface area (Å²) in [6, 6.07) is 14.5. The average Bonchev–Trinajstić information content (AvgIpc) is 2.91. The highest BCUT2D eigenvalue weighted by Gasteiger charge is 2.83. The van der Waals surface area contributed by atoms with Gasteiger partial charge in [-0.2, -0.15) is 15.5 Å². The number of ether oxygens (including phenoxy) is 2. The lowest BCUT2D eigenvalue weighted by atomic mass is 9.48. The summed E-state index contributed by atoms with van der Waals surface area (Å²) in [5.41, 5.74) is -0.920. The third-order valence-electron chi connectivity index (χ3n) is 6.81. The largest absolute Gasteiger partial charge is 0.447 e. The van der Waals surface area contributed by atoms with Gasteiger partial charge >= 0.3 is 0 Å². The van der Waals surface area contributed by atoms with E-state index in [1.807, 2.05) is 43.3 Å². The van der Waals surface area contributed by atoms with Gasteiger partial charge in [-0.3, -0.25) is 5.41 Å². The Morgan fingerprint density at radius 2 is 1.96 bits per heavy atom. The van der Waals surface area contributed by atoms with Crippen molar-refractivity contribution in [2.45, 2.75) is 44.5 Å². The van der Waals surface area contributed by atoms with E-state index in [4.69, 9.17) is 14.9 Å². The Labute approximate surface area is 163 Å². The molecule has 6 nitrogen and oxygen atoms in total. The molecule has 1 spiro atoms. The van der Waals surface area contributed by atoms with Crippen LogP contribution in [0.4, 0.5) is 0 Å². The van der Waals surface area contributed by atoms with Crippen LogP contribution < -0.4 is 0 Å². The Kier molecular flexibility index (Phi) is 3.39. The molecule has 140 valence electrons. The van der Waals surface area contributed by atoms with Crippen LogP contribution in [-0.4, -0.2) is 23.6 Å². The molecule has 4 bridgehead atoms. The van der Waals surface area contributed by atoms with Crippen molar-refractivity contribution in [3.8, 4) is 12.1 Å². The van der Waals surface area contributed by atoms with Crippen molar-refractivity contribution in [3.05, 3.63) is 41.5 Å². The molecule has 5 atom stereocenters. The van der Waals surface area contributed by atoms with Crippen LogP contribution in [0, 0.1) is 44.8 Å². The Balaban J connectivity index is 1.73. The molecule has 1 aromatic rings. The highest BCUT2D eigenvalue weighted by Crippen LogP contribution is 2.69. The fourth-order valence-electron chi connectivity index (χ4n) is 5.63. The SMILES string of the molecule is C/C(=C\c1ccccc1)[C@H]1O[C@@]23CCCC[C@@H]2[C@@]2(C#N)C(=N)N=C(O3)[C@@]12C#N. The minimum Gasteiger partial charge on any atom is -0.447 e. The molecule has 1 aliphatic carbocycles. The molecule has 0 radical (unpaired) electrons. The van der Waals surface area contributed by atoms with Gasteiger partial charge in [-0.1, -0.05) is 42.8 Å². The molecule has 28 heavy (non-hydrogen) atoms. The number of nitrogens with one attached hydrogen (secondary N) is 1. The van der Waals surface area contributed by atoms with E-state index >= 15 is 0 Å². The first-order chi connectivity index (χ1) is 13.5. The molecule has 4 aliphatic heterocycles. The summed E-state index contributed by atoms with van der Waals surface area (Å²) in [5.74, 6) is -1.20. The number of hydrogen-bond acceptors (Lipinski definition) is 5. The number of nitrogens with zero attached hydrogens (tertiary/aromatic N) is 3. The predicted octanol–water partition coefficient (Wildman–Crippen LogP) is 3.81. The maximum Gasteiger partial charge on any atom is 0.218 e. The minimum absolute atomic E-state index is 0.0545. The van der Waals surface area contributed by atoms with Crippen LogP contribution in [0.5, 0.6) is 0 Å². The van der Waals surface area contributed by atoms with Crippen molar-refractivity contribution in [1.82, 2.24) is 0 Å². The first kappa shape index (κ1) is 17.2. The van der Waals surface area contributed by atoms with E-state index in [1.54, 1.807) is 0 Å². The zero-order valence-electron chi connectivity index (χ0n) is 15.6. The number of nitriles is 2. The molecule has 0 aromatic heterocycles. The number of amidine groups is 1. The number of fused-ring (bicyclic) bond motifs is 1. The smallest absolute Gasteiger partial charge is 0.218 e. The second-order valence-corrected chi connectivity index (χ2v) is 8.11. The van der Waals surface area contributed by atoms with E-state index in [1.165, 1.54) is 0 Å². The summed E-state index contributed by atoms with van der Waals surface area (Å²) >= 11 is 0. The Morgan fingerprint density at radius 1 is 1.21 bits per heavy atom. The lowest BCUT2D eigenvalue weighted by molar-refractivity contribution is -0.344. The van der Waals surface area contributed by atoms with E-state index in [-0.39, 0.29) is 17.7 Å². The van der Waals surface area contributed by atoms with Crippen LogP contribution in [-0.2, 0) is 9.47 Å². The third kappa shape index (κ3) is 1.75. The molecule has 3 saturated heterocycles. The zero-order valence-corrected chi connectivity index (χ0v) is 15.6. The van der Waals surface area contributed by atoms with E-state index in [0.29, 0.717) is 12.8 Å². The average molecular weight is 372 g/mol. The lowest BCUT2D eigenvalue weighted by Gasteiger charge is -2.63. The molecule has 4 fully saturated rings. The summed E-state index contributed by atoms with van der Waals surface area (Å²) in [7, 11) is 0. The molecule has 4 heterocycles. The lowest BCUT2D eigenvalue weighted by Crippen LogP contribution is -2.75. The molecule has 0 unspecified atom stereocenters. The van der Waals surface area contributed by atoms with Crippen LogP contribution in [0.2, 0.25) is 0 Å². The molecule has 1 saturated carbocycles. The maximum atomic E-state index is 10.4. The summed E-state index contributed by atoms with van der Waals surface area (Å²) in [5, 5.41) is 29.3. The summed E-state index contributed by atoms with van der Waals surface area (Å²) in [6.07, 6.45) is 4.48.